The Hall–Kier alpha value is -0.770. The molecule has 0 aliphatic heterocycles. The van der Waals surface area contributed by atoms with Crippen molar-refractivity contribution in [1.29, 1.82) is 0 Å². The molecule has 1 aromatic rings. The summed E-state index contributed by atoms with van der Waals surface area (Å²) in [6.45, 7) is 3.93. The van der Waals surface area contributed by atoms with E-state index in [2.05, 4.69) is 10.6 Å². The first-order valence-electron chi connectivity index (χ1n) is 6.05. The van der Waals surface area contributed by atoms with Crippen LogP contribution in [0.4, 0.5) is 0 Å². The lowest BCUT2D eigenvalue weighted by Gasteiger charge is -2.08. The first kappa shape index (κ1) is 15.3. The molecular weight excluding hydrogens is 271 g/mol. The van der Waals surface area contributed by atoms with E-state index in [9.17, 15) is 4.79 Å². The molecule has 5 heteroatoms. The molecule has 0 aromatic heterocycles. The van der Waals surface area contributed by atoms with Crippen LogP contribution in [0, 0.1) is 0 Å². The minimum atomic E-state index is 0.0644. The number of hydrogen-bond acceptors (Lipinski definition) is 2. The summed E-state index contributed by atoms with van der Waals surface area (Å²) in [4.78, 5) is 11.3. The average molecular weight is 289 g/mol. The standard InChI is InChI=1S/C13H18Cl2N2O/c1-2-7-17-13(18)6-8-16-9-10-11(14)4-3-5-12(10)15/h3-5,16H,2,6-9H2,1H3,(H,17,18). The summed E-state index contributed by atoms with van der Waals surface area (Å²) in [6.07, 6.45) is 1.41. The van der Waals surface area contributed by atoms with Gasteiger partial charge in [-0.15, -0.1) is 0 Å². The number of amides is 1. The van der Waals surface area contributed by atoms with Crippen LogP contribution in [0.25, 0.3) is 0 Å². The van der Waals surface area contributed by atoms with Gasteiger partial charge < -0.3 is 10.6 Å². The molecule has 1 amide bonds. The summed E-state index contributed by atoms with van der Waals surface area (Å²) in [5.41, 5.74) is 0.870. The largest absolute Gasteiger partial charge is 0.356 e. The number of hydrogen-bond donors (Lipinski definition) is 2. The van der Waals surface area contributed by atoms with Gasteiger partial charge in [0.1, 0.15) is 0 Å². The number of halogens is 2. The van der Waals surface area contributed by atoms with Gasteiger partial charge in [0.2, 0.25) is 5.91 Å². The molecule has 0 aliphatic carbocycles. The molecule has 0 atom stereocenters. The lowest BCUT2D eigenvalue weighted by Crippen LogP contribution is -2.28. The fraction of sp³-hybridized carbons (Fsp3) is 0.462. The third kappa shape index (κ3) is 5.25. The summed E-state index contributed by atoms with van der Waals surface area (Å²) in [6, 6.07) is 5.42. The summed E-state index contributed by atoms with van der Waals surface area (Å²) in [5.74, 6) is 0.0644. The van der Waals surface area contributed by atoms with Crippen LogP contribution in [0.2, 0.25) is 10.0 Å². The van der Waals surface area contributed by atoms with Gasteiger partial charge in [-0.3, -0.25) is 4.79 Å². The molecule has 3 nitrogen and oxygen atoms in total. The number of carbonyl (C=O) groups excluding carboxylic acids is 1. The van der Waals surface area contributed by atoms with E-state index >= 15 is 0 Å². The Labute approximate surface area is 118 Å². The average Bonchev–Trinajstić information content (AvgIpc) is 2.35. The van der Waals surface area contributed by atoms with Gasteiger partial charge in [0.15, 0.2) is 0 Å². The third-order valence-corrected chi connectivity index (χ3v) is 3.17. The van der Waals surface area contributed by atoms with Crippen molar-refractivity contribution in [3.8, 4) is 0 Å². The van der Waals surface area contributed by atoms with E-state index in [1.807, 2.05) is 13.0 Å². The zero-order valence-electron chi connectivity index (χ0n) is 10.4. The van der Waals surface area contributed by atoms with Crippen LogP contribution in [0.15, 0.2) is 18.2 Å². The van der Waals surface area contributed by atoms with Crippen molar-refractivity contribution in [2.75, 3.05) is 13.1 Å². The van der Waals surface area contributed by atoms with Gasteiger partial charge in [0, 0.05) is 41.7 Å². The summed E-state index contributed by atoms with van der Waals surface area (Å²) in [7, 11) is 0. The van der Waals surface area contributed by atoms with E-state index in [0.29, 0.717) is 29.6 Å². The molecule has 100 valence electrons. The second kappa shape index (κ2) is 8.35. The third-order valence-electron chi connectivity index (χ3n) is 2.46. The molecule has 0 aliphatic rings. The summed E-state index contributed by atoms with van der Waals surface area (Å²) < 4.78 is 0. The smallest absolute Gasteiger partial charge is 0.221 e. The minimum absolute atomic E-state index is 0.0644. The minimum Gasteiger partial charge on any atom is -0.356 e. The molecule has 0 bridgehead atoms. The fourth-order valence-corrected chi connectivity index (χ4v) is 2.00. The monoisotopic (exact) mass is 288 g/mol. The molecule has 2 N–H and O–H groups in total. The molecule has 0 unspecified atom stereocenters. The van der Waals surface area contributed by atoms with Crippen LogP contribution in [0.3, 0.4) is 0 Å². The van der Waals surface area contributed by atoms with Crippen LogP contribution in [0.1, 0.15) is 25.3 Å². The highest BCUT2D eigenvalue weighted by Gasteiger charge is 2.05. The maximum absolute atomic E-state index is 11.3. The van der Waals surface area contributed by atoms with E-state index in [4.69, 9.17) is 23.2 Å². The fourth-order valence-electron chi connectivity index (χ4n) is 1.47. The molecule has 1 aromatic carbocycles. The van der Waals surface area contributed by atoms with E-state index in [0.717, 1.165) is 18.5 Å². The van der Waals surface area contributed by atoms with Crippen molar-refractivity contribution in [1.82, 2.24) is 10.6 Å². The Morgan fingerprint density at radius 1 is 1.22 bits per heavy atom. The zero-order valence-corrected chi connectivity index (χ0v) is 11.9. The van der Waals surface area contributed by atoms with Crippen LogP contribution < -0.4 is 10.6 Å². The van der Waals surface area contributed by atoms with Gasteiger partial charge in [-0.1, -0.05) is 36.2 Å². The lowest BCUT2D eigenvalue weighted by molar-refractivity contribution is -0.120. The van der Waals surface area contributed by atoms with E-state index in [1.54, 1.807) is 12.1 Å². The predicted octanol–water partition coefficient (Wildman–Crippen LogP) is 3.00. The van der Waals surface area contributed by atoms with Crippen LogP contribution in [-0.2, 0) is 11.3 Å². The van der Waals surface area contributed by atoms with Crippen LogP contribution in [0.5, 0.6) is 0 Å². The molecular formula is C13H18Cl2N2O. The zero-order chi connectivity index (χ0) is 13.4. The molecule has 0 radical (unpaired) electrons. The molecule has 0 saturated heterocycles. The van der Waals surface area contributed by atoms with Gasteiger partial charge in [-0.05, 0) is 18.6 Å². The highest BCUT2D eigenvalue weighted by molar-refractivity contribution is 6.35. The maximum Gasteiger partial charge on any atom is 0.221 e. The summed E-state index contributed by atoms with van der Waals surface area (Å²) >= 11 is 12.1. The number of carbonyl (C=O) groups is 1. The van der Waals surface area contributed by atoms with Crippen LogP contribution in [-0.4, -0.2) is 19.0 Å². The first-order valence-corrected chi connectivity index (χ1v) is 6.81. The van der Waals surface area contributed by atoms with E-state index in [1.165, 1.54) is 0 Å². The molecule has 1 rings (SSSR count). The normalized spacial score (nSPS) is 10.4. The highest BCUT2D eigenvalue weighted by Crippen LogP contribution is 2.23. The quantitative estimate of drug-likeness (QED) is 0.758. The van der Waals surface area contributed by atoms with Crippen molar-refractivity contribution < 1.29 is 4.79 Å². The lowest BCUT2D eigenvalue weighted by atomic mass is 10.2. The highest BCUT2D eigenvalue weighted by atomic mass is 35.5. The van der Waals surface area contributed by atoms with Crippen molar-refractivity contribution in [3.05, 3.63) is 33.8 Å². The Morgan fingerprint density at radius 3 is 2.50 bits per heavy atom. The number of nitrogens with one attached hydrogen (secondary N) is 2. The van der Waals surface area contributed by atoms with Gasteiger partial charge in [0.05, 0.1) is 0 Å². The first-order chi connectivity index (χ1) is 8.65. The topological polar surface area (TPSA) is 41.1 Å². The van der Waals surface area contributed by atoms with Gasteiger partial charge in [-0.2, -0.15) is 0 Å². The van der Waals surface area contributed by atoms with Crippen molar-refractivity contribution in [2.45, 2.75) is 26.3 Å². The molecule has 0 fully saturated rings. The van der Waals surface area contributed by atoms with Crippen molar-refractivity contribution >= 4 is 29.1 Å². The molecule has 18 heavy (non-hydrogen) atoms. The van der Waals surface area contributed by atoms with Gasteiger partial charge in [0.25, 0.3) is 0 Å². The number of rotatable bonds is 7. The SMILES string of the molecule is CCCNC(=O)CCNCc1c(Cl)cccc1Cl. The van der Waals surface area contributed by atoms with Crippen LogP contribution >= 0.6 is 23.2 Å². The summed E-state index contributed by atoms with van der Waals surface area (Å²) in [5, 5.41) is 7.27. The van der Waals surface area contributed by atoms with Crippen molar-refractivity contribution in [3.63, 3.8) is 0 Å². The molecule has 0 heterocycles. The Kier molecular flexibility index (Phi) is 7.09. The van der Waals surface area contributed by atoms with E-state index < -0.39 is 0 Å². The Bertz CT molecular complexity index is 376. The van der Waals surface area contributed by atoms with Gasteiger partial charge in [-0.25, -0.2) is 0 Å². The molecule has 0 saturated carbocycles. The van der Waals surface area contributed by atoms with E-state index in [-0.39, 0.29) is 5.91 Å². The Balaban J connectivity index is 2.28. The Morgan fingerprint density at radius 2 is 1.89 bits per heavy atom. The van der Waals surface area contributed by atoms with Gasteiger partial charge >= 0.3 is 0 Å². The maximum atomic E-state index is 11.3. The second-order valence-corrected chi connectivity index (χ2v) is 4.79. The number of benzene rings is 1. The molecule has 0 spiro atoms. The van der Waals surface area contributed by atoms with Crippen molar-refractivity contribution in [2.24, 2.45) is 0 Å². The predicted molar refractivity (Wildman–Crippen MR) is 76.1 cm³/mol. The second-order valence-electron chi connectivity index (χ2n) is 3.98.